The smallest absolute Gasteiger partial charge is 0.338 e. The standard InChI is InChI=1S/C17H16BrN3O4/c1-10(15(22)20-13-7-5-12(18)6-8-13)25-16(23)11-3-2-4-14(9-11)21-17(19)24/h2-10H,1H3,(H,20,22)(H3,19,21,24)/t10-/m1/s1. The molecule has 0 heterocycles. The molecular weight excluding hydrogens is 390 g/mol. The number of halogens is 1. The van der Waals surface area contributed by atoms with Gasteiger partial charge in [0.05, 0.1) is 5.56 Å². The maximum Gasteiger partial charge on any atom is 0.338 e. The van der Waals surface area contributed by atoms with Crippen LogP contribution in [0.5, 0.6) is 0 Å². The van der Waals surface area contributed by atoms with Crippen LogP contribution in [0.15, 0.2) is 53.0 Å². The van der Waals surface area contributed by atoms with Crippen LogP contribution in [0.2, 0.25) is 0 Å². The van der Waals surface area contributed by atoms with Crippen molar-refractivity contribution in [1.29, 1.82) is 0 Å². The Hall–Kier alpha value is -2.87. The van der Waals surface area contributed by atoms with Crippen LogP contribution in [0.25, 0.3) is 0 Å². The highest BCUT2D eigenvalue weighted by molar-refractivity contribution is 9.10. The molecule has 8 heteroatoms. The minimum Gasteiger partial charge on any atom is -0.449 e. The third-order valence-electron chi connectivity index (χ3n) is 3.13. The molecule has 0 spiro atoms. The molecule has 3 amide bonds. The first-order chi connectivity index (χ1) is 11.8. The Balaban J connectivity index is 1.98. The van der Waals surface area contributed by atoms with Crippen molar-refractivity contribution in [3.63, 3.8) is 0 Å². The number of anilines is 2. The van der Waals surface area contributed by atoms with E-state index in [1.807, 2.05) is 0 Å². The molecule has 0 saturated carbocycles. The summed E-state index contributed by atoms with van der Waals surface area (Å²) in [6, 6.07) is 12.3. The molecule has 130 valence electrons. The van der Waals surface area contributed by atoms with Gasteiger partial charge in [0.1, 0.15) is 0 Å². The fraction of sp³-hybridized carbons (Fsp3) is 0.118. The van der Waals surface area contributed by atoms with Crippen molar-refractivity contribution in [1.82, 2.24) is 0 Å². The number of carbonyl (C=O) groups excluding carboxylic acids is 3. The van der Waals surface area contributed by atoms with Crippen LogP contribution >= 0.6 is 15.9 Å². The lowest BCUT2D eigenvalue weighted by Crippen LogP contribution is -2.30. The Morgan fingerprint density at radius 1 is 1.04 bits per heavy atom. The van der Waals surface area contributed by atoms with Crippen molar-refractivity contribution >= 4 is 45.2 Å². The van der Waals surface area contributed by atoms with Gasteiger partial charge in [-0.2, -0.15) is 0 Å². The van der Waals surface area contributed by atoms with Crippen LogP contribution in [0, 0.1) is 0 Å². The van der Waals surface area contributed by atoms with Gasteiger partial charge in [0.15, 0.2) is 6.10 Å². The molecule has 7 nitrogen and oxygen atoms in total. The average molecular weight is 406 g/mol. The predicted molar refractivity (Wildman–Crippen MR) is 97.3 cm³/mol. The van der Waals surface area contributed by atoms with E-state index in [1.165, 1.54) is 19.1 Å². The van der Waals surface area contributed by atoms with Gasteiger partial charge in [0.25, 0.3) is 5.91 Å². The van der Waals surface area contributed by atoms with Crippen molar-refractivity contribution in [2.24, 2.45) is 5.73 Å². The van der Waals surface area contributed by atoms with Crippen molar-refractivity contribution in [2.75, 3.05) is 10.6 Å². The van der Waals surface area contributed by atoms with Crippen molar-refractivity contribution < 1.29 is 19.1 Å². The summed E-state index contributed by atoms with van der Waals surface area (Å²) in [6.45, 7) is 1.47. The lowest BCUT2D eigenvalue weighted by atomic mass is 10.2. The lowest BCUT2D eigenvalue weighted by Gasteiger charge is -2.14. The number of nitrogens with two attached hydrogens (primary N) is 1. The molecule has 4 N–H and O–H groups in total. The molecule has 0 aliphatic carbocycles. The summed E-state index contributed by atoms with van der Waals surface area (Å²) in [5.41, 5.74) is 6.16. The van der Waals surface area contributed by atoms with Gasteiger partial charge in [-0.25, -0.2) is 9.59 Å². The summed E-state index contributed by atoms with van der Waals surface area (Å²) >= 11 is 3.30. The molecule has 0 bridgehead atoms. The van der Waals surface area contributed by atoms with E-state index in [-0.39, 0.29) is 5.56 Å². The van der Waals surface area contributed by atoms with Gasteiger partial charge in [-0.05, 0) is 49.4 Å². The number of hydrogen-bond acceptors (Lipinski definition) is 4. The molecule has 2 aromatic rings. The Bertz CT molecular complexity index is 793. The third-order valence-corrected chi connectivity index (χ3v) is 3.66. The first-order valence-corrected chi connectivity index (χ1v) is 8.08. The zero-order valence-corrected chi connectivity index (χ0v) is 14.9. The van der Waals surface area contributed by atoms with E-state index in [4.69, 9.17) is 10.5 Å². The van der Waals surface area contributed by atoms with E-state index < -0.39 is 24.0 Å². The molecule has 2 rings (SSSR count). The highest BCUT2D eigenvalue weighted by Crippen LogP contribution is 2.15. The minimum atomic E-state index is -0.996. The quantitative estimate of drug-likeness (QED) is 0.663. The van der Waals surface area contributed by atoms with Crippen molar-refractivity contribution in [2.45, 2.75) is 13.0 Å². The van der Waals surface area contributed by atoms with Crippen molar-refractivity contribution in [3.8, 4) is 0 Å². The van der Waals surface area contributed by atoms with Crippen LogP contribution in [-0.4, -0.2) is 24.0 Å². The average Bonchev–Trinajstić information content (AvgIpc) is 2.56. The van der Waals surface area contributed by atoms with Crippen LogP contribution < -0.4 is 16.4 Å². The molecule has 0 radical (unpaired) electrons. The Morgan fingerprint density at radius 3 is 2.36 bits per heavy atom. The SMILES string of the molecule is C[C@@H](OC(=O)c1cccc(NC(N)=O)c1)C(=O)Nc1ccc(Br)cc1. The molecule has 0 aliphatic rings. The van der Waals surface area contributed by atoms with Gasteiger partial charge in [0.2, 0.25) is 0 Å². The second-order valence-electron chi connectivity index (χ2n) is 5.11. The van der Waals surface area contributed by atoms with Gasteiger partial charge in [-0.15, -0.1) is 0 Å². The largest absolute Gasteiger partial charge is 0.449 e. The summed E-state index contributed by atoms with van der Waals surface area (Å²) in [4.78, 5) is 35.1. The van der Waals surface area contributed by atoms with Gasteiger partial charge in [0, 0.05) is 15.8 Å². The highest BCUT2D eigenvalue weighted by atomic mass is 79.9. The molecule has 0 unspecified atom stereocenters. The molecule has 1 atom stereocenters. The summed E-state index contributed by atoms with van der Waals surface area (Å²) < 4.78 is 6.03. The number of esters is 1. The predicted octanol–water partition coefficient (Wildman–Crippen LogP) is 3.12. The topological polar surface area (TPSA) is 111 Å². The van der Waals surface area contributed by atoms with Gasteiger partial charge in [-0.3, -0.25) is 4.79 Å². The summed E-state index contributed by atoms with van der Waals surface area (Å²) in [6.07, 6.45) is -0.996. The van der Waals surface area contributed by atoms with Crippen LogP contribution in [0.4, 0.5) is 16.2 Å². The van der Waals surface area contributed by atoms with Gasteiger partial charge in [-0.1, -0.05) is 22.0 Å². The summed E-state index contributed by atoms with van der Waals surface area (Å²) in [7, 11) is 0. The molecule has 2 aromatic carbocycles. The number of primary amides is 1. The Kier molecular flexibility index (Phi) is 6.13. The van der Waals surface area contributed by atoms with Crippen LogP contribution in [0.3, 0.4) is 0 Å². The molecular formula is C17H16BrN3O4. The van der Waals surface area contributed by atoms with E-state index in [1.54, 1.807) is 36.4 Å². The fourth-order valence-electron chi connectivity index (χ4n) is 1.93. The number of urea groups is 1. The zero-order chi connectivity index (χ0) is 18.4. The Labute approximate surface area is 152 Å². The third kappa shape index (κ3) is 5.61. The first-order valence-electron chi connectivity index (χ1n) is 7.29. The van der Waals surface area contributed by atoms with Gasteiger partial charge >= 0.3 is 12.0 Å². The van der Waals surface area contributed by atoms with Crippen molar-refractivity contribution in [3.05, 3.63) is 58.6 Å². The summed E-state index contributed by atoms with van der Waals surface area (Å²) in [5.74, 6) is -1.14. The highest BCUT2D eigenvalue weighted by Gasteiger charge is 2.19. The number of benzene rings is 2. The number of hydrogen-bond donors (Lipinski definition) is 3. The number of nitrogens with one attached hydrogen (secondary N) is 2. The zero-order valence-electron chi connectivity index (χ0n) is 13.3. The summed E-state index contributed by atoms with van der Waals surface area (Å²) in [5, 5.41) is 5.01. The van der Waals surface area contributed by atoms with E-state index >= 15 is 0 Å². The number of ether oxygens (including phenoxy) is 1. The van der Waals surface area contributed by atoms with E-state index in [9.17, 15) is 14.4 Å². The van der Waals surface area contributed by atoms with E-state index in [0.29, 0.717) is 11.4 Å². The number of amides is 3. The second kappa shape index (κ2) is 8.29. The number of rotatable bonds is 5. The van der Waals surface area contributed by atoms with Crippen LogP contribution in [-0.2, 0) is 9.53 Å². The van der Waals surface area contributed by atoms with Gasteiger partial charge < -0.3 is 21.1 Å². The molecule has 0 aliphatic heterocycles. The minimum absolute atomic E-state index is 0.189. The number of carbonyl (C=O) groups is 3. The normalized spacial score (nSPS) is 11.3. The first kappa shape index (κ1) is 18.5. The maximum absolute atomic E-state index is 12.1. The molecule has 0 saturated heterocycles. The molecule has 0 fully saturated rings. The second-order valence-corrected chi connectivity index (χ2v) is 6.03. The lowest BCUT2D eigenvalue weighted by molar-refractivity contribution is -0.123. The molecule has 25 heavy (non-hydrogen) atoms. The van der Waals surface area contributed by atoms with Crippen LogP contribution in [0.1, 0.15) is 17.3 Å². The monoisotopic (exact) mass is 405 g/mol. The Morgan fingerprint density at radius 2 is 1.72 bits per heavy atom. The van der Waals surface area contributed by atoms with E-state index in [0.717, 1.165) is 4.47 Å². The fourth-order valence-corrected chi connectivity index (χ4v) is 2.19. The van der Waals surface area contributed by atoms with E-state index in [2.05, 4.69) is 26.6 Å². The maximum atomic E-state index is 12.1. The molecule has 0 aromatic heterocycles.